The van der Waals surface area contributed by atoms with E-state index in [1.54, 1.807) is 31.3 Å². The molecule has 0 radical (unpaired) electrons. The van der Waals surface area contributed by atoms with Gasteiger partial charge in [-0.2, -0.15) is 0 Å². The van der Waals surface area contributed by atoms with Gasteiger partial charge in [0.05, 0.1) is 11.3 Å². The Morgan fingerprint density at radius 2 is 1.65 bits per heavy atom. The normalized spacial score (nSPS) is 10.8. The molecule has 0 aliphatic heterocycles. The quantitative estimate of drug-likeness (QED) is 0.752. The maximum atomic E-state index is 13.0. The highest BCUT2D eigenvalue weighted by Crippen LogP contribution is 2.24. The Morgan fingerprint density at radius 3 is 2.26 bits per heavy atom. The standard InChI is InChI=1S/C18H14ClFN2O/c1-10-16(18(23)17(19)11(2)22-10)13-5-8-15(21-9-13)12-3-6-14(20)7-4-12/h3-9H,1-2H3,(H,22,23). The van der Waals surface area contributed by atoms with Crippen LogP contribution in [0.2, 0.25) is 5.02 Å². The number of nitrogens with one attached hydrogen (secondary N) is 1. The summed E-state index contributed by atoms with van der Waals surface area (Å²) in [7, 11) is 0. The van der Waals surface area contributed by atoms with Crippen LogP contribution in [0, 0.1) is 19.7 Å². The van der Waals surface area contributed by atoms with Crippen LogP contribution >= 0.6 is 11.6 Å². The molecule has 0 unspecified atom stereocenters. The molecule has 2 aromatic heterocycles. The summed E-state index contributed by atoms with van der Waals surface area (Å²) in [4.78, 5) is 19.9. The van der Waals surface area contributed by atoms with Crippen LogP contribution in [0.3, 0.4) is 0 Å². The number of rotatable bonds is 2. The third-order valence-corrected chi connectivity index (χ3v) is 4.15. The van der Waals surface area contributed by atoms with Crippen molar-refractivity contribution >= 4 is 11.6 Å². The fourth-order valence-electron chi connectivity index (χ4n) is 2.53. The van der Waals surface area contributed by atoms with Crippen LogP contribution in [0.1, 0.15) is 11.4 Å². The van der Waals surface area contributed by atoms with E-state index in [-0.39, 0.29) is 16.3 Å². The van der Waals surface area contributed by atoms with Crippen LogP contribution in [0.5, 0.6) is 0 Å². The molecule has 116 valence electrons. The van der Waals surface area contributed by atoms with Gasteiger partial charge in [0.1, 0.15) is 10.8 Å². The first-order valence-corrected chi connectivity index (χ1v) is 7.46. The number of aromatic nitrogens is 2. The molecule has 2 heterocycles. The molecule has 0 atom stereocenters. The second kappa shape index (κ2) is 5.97. The van der Waals surface area contributed by atoms with Gasteiger partial charge in [0.15, 0.2) is 0 Å². The lowest BCUT2D eigenvalue weighted by atomic mass is 10.0. The van der Waals surface area contributed by atoms with Crippen LogP contribution in [0.4, 0.5) is 4.39 Å². The van der Waals surface area contributed by atoms with E-state index in [9.17, 15) is 9.18 Å². The number of aromatic amines is 1. The lowest BCUT2D eigenvalue weighted by molar-refractivity contribution is 0.628. The lowest BCUT2D eigenvalue weighted by Gasteiger charge is -2.09. The minimum absolute atomic E-state index is 0.188. The van der Waals surface area contributed by atoms with Crippen molar-refractivity contribution in [3.63, 3.8) is 0 Å². The molecule has 0 fully saturated rings. The van der Waals surface area contributed by atoms with E-state index in [0.29, 0.717) is 22.5 Å². The summed E-state index contributed by atoms with van der Waals surface area (Å²) in [5.41, 5.74) is 3.90. The molecule has 0 saturated heterocycles. The summed E-state index contributed by atoms with van der Waals surface area (Å²) in [5.74, 6) is -0.290. The van der Waals surface area contributed by atoms with Crippen molar-refractivity contribution in [3.05, 3.63) is 75.0 Å². The first kappa shape index (κ1) is 15.4. The van der Waals surface area contributed by atoms with Gasteiger partial charge in [-0.05, 0) is 44.2 Å². The van der Waals surface area contributed by atoms with Crippen LogP contribution in [0.25, 0.3) is 22.4 Å². The average Bonchev–Trinajstić information content (AvgIpc) is 2.54. The number of pyridine rings is 2. The van der Waals surface area contributed by atoms with Gasteiger partial charge in [0.2, 0.25) is 5.43 Å². The molecule has 0 saturated carbocycles. The van der Waals surface area contributed by atoms with E-state index in [4.69, 9.17) is 11.6 Å². The van der Waals surface area contributed by atoms with Crippen molar-refractivity contribution in [2.45, 2.75) is 13.8 Å². The second-order valence-corrected chi connectivity index (χ2v) is 5.71. The molecule has 1 aromatic carbocycles. The second-order valence-electron chi connectivity index (χ2n) is 5.33. The molecule has 23 heavy (non-hydrogen) atoms. The molecule has 0 amide bonds. The Hall–Kier alpha value is -2.46. The summed E-state index contributed by atoms with van der Waals surface area (Å²) in [6.45, 7) is 3.59. The predicted molar refractivity (Wildman–Crippen MR) is 90.2 cm³/mol. The Balaban J connectivity index is 2.05. The molecule has 0 spiro atoms. The van der Waals surface area contributed by atoms with Crippen LogP contribution in [-0.2, 0) is 0 Å². The van der Waals surface area contributed by atoms with E-state index in [1.165, 1.54) is 12.1 Å². The molecular formula is C18H14ClFN2O. The van der Waals surface area contributed by atoms with E-state index in [1.807, 2.05) is 13.0 Å². The fourth-order valence-corrected chi connectivity index (χ4v) is 2.67. The molecular weight excluding hydrogens is 315 g/mol. The Morgan fingerprint density at radius 1 is 1.00 bits per heavy atom. The molecule has 3 nitrogen and oxygen atoms in total. The first-order valence-electron chi connectivity index (χ1n) is 7.08. The summed E-state index contributed by atoms with van der Waals surface area (Å²) < 4.78 is 13.0. The maximum absolute atomic E-state index is 13.0. The zero-order chi connectivity index (χ0) is 16.6. The van der Waals surface area contributed by atoms with Gasteiger partial charge in [-0.25, -0.2) is 4.39 Å². The van der Waals surface area contributed by atoms with Crippen LogP contribution in [0.15, 0.2) is 47.4 Å². The highest BCUT2D eigenvalue weighted by Gasteiger charge is 2.13. The smallest absolute Gasteiger partial charge is 0.208 e. The summed E-state index contributed by atoms with van der Waals surface area (Å²) in [6, 6.07) is 9.72. The summed E-state index contributed by atoms with van der Waals surface area (Å²) in [5, 5.41) is 0.188. The van der Waals surface area contributed by atoms with Gasteiger partial charge in [0.25, 0.3) is 0 Å². The van der Waals surface area contributed by atoms with Crippen molar-refractivity contribution < 1.29 is 4.39 Å². The van der Waals surface area contributed by atoms with Crippen LogP contribution in [-0.4, -0.2) is 9.97 Å². The van der Waals surface area contributed by atoms with E-state index >= 15 is 0 Å². The minimum Gasteiger partial charge on any atom is -0.361 e. The van der Waals surface area contributed by atoms with Crippen molar-refractivity contribution in [1.82, 2.24) is 9.97 Å². The topological polar surface area (TPSA) is 45.8 Å². The Labute approximate surface area is 137 Å². The number of H-pyrrole nitrogens is 1. The Bertz CT molecular complexity index is 915. The zero-order valence-corrected chi connectivity index (χ0v) is 13.4. The highest BCUT2D eigenvalue weighted by molar-refractivity contribution is 6.31. The number of halogens is 2. The number of hydrogen-bond acceptors (Lipinski definition) is 2. The largest absolute Gasteiger partial charge is 0.361 e. The monoisotopic (exact) mass is 328 g/mol. The molecule has 3 rings (SSSR count). The van der Waals surface area contributed by atoms with Crippen molar-refractivity contribution in [2.75, 3.05) is 0 Å². The molecule has 5 heteroatoms. The molecule has 0 aliphatic rings. The van der Waals surface area contributed by atoms with Gasteiger partial charge in [-0.1, -0.05) is 17.7 Å². The summed E-state index contributed by atoms with van der Waals surface area (Å²) >= 11 is 6.05. The SMILES string of the molecule is Cc1[nH]c(C)c(-c2ccc(-c3ccc(F)cc3)nc2)c(=O)c1Cl. The molecule has 1 N–H and O–H groups in total. The average molecular weight is 329 g/mol. The van der Waals surface area contributed by atoms with Gasteiger partial charge in [-0.15, -0.1) is 0 Å². The van der Waals surface area contributed by atoms with E-state index in [2.05, 4.69) is 9.97 Å². The fraction of sp³-hybridized carbons (Fsp3) is 0.111. The van der Waals surface area contributed by atoms with E-state index < -0.39 is 0 Å². The van der Waals surface area contributed by atoms with Gasteiger partial charge < -0.3 is 4.98 Å². The summed E-state index contributed by atoms with van der Waals surface area (Å²) in [6.07, 6.45) is 1.63. The number of nitrogens with zero attached hydrogens (tertiary/aromatic N) is 1. The maximum Gasteiger partial charge on any atom is 0.208 e. The third kappa shape index (κ3) is 2.90. The van der Waals surface area contributed by atoms with Gasteiger partial charge >= 0.3 is 0 Å². The predicted octanol–water partition coefficient (Wildman–Crippen LogP) is 4.51. The van der Waals surface area contributed by atoms with Gasteiger partial charge in [0, 0.05) is 28.7 Å². The van der Waals surface area contributed by atoms with Crippen LogP contribution < -0.4 is 5.43 Å². The van der Waals surface area contributed by atoms with Gasteiger partial charge in [-0.3, -0.25) is 9.78 Å². The van der Waals surface area contributed by atoms with Crippen molar-refractivity contribution in [2.24, 2.45) is 0 Å². The van der Waals surface area contributed by atoms with Crippen molar-refractivity contribution in [1.29, 1.82) is 0 Å². The highest BCUT2D eigenvalue weighted by atomic mass is 35.5. The molecule has 0 bridgehead atoms. The molecule has 3 aromatic rings. The number of aryl methyl sites for hydroxylation is 2. The van der Waals surface area contributed by atoms with Crippen molar-refractivity contribution in [3.8, 4) is 22.4 Å². The minimum atomic E-state index is -0.290. The number of benzene rings is 1. The lowest BCUT2D eigenvalue weighted by Crippen LogP contribution is -2.11. The number of hydrogen-bond donors (Lipinski definition) is 1. The van der Waals surface area contributed by atoms with E-state index in [0.717, 1.165) is 11.3 Å². The zero-order valence-electron chi connectivity index (χ0n) is 12.7. The Kier molecular flexibility index (Phi) is 4.01. The first-order chi connectivity index (χ1) is 11.0. The third-order valence-electron chi connectivity index (χ3n) is 3.70. The molecule has 0 aliphatic carbocycles.